The maximum Gasteiger partial charge on any atom is 0.416 e. The molecule has 0 aliphatic rings. The fraction of sp³-hybridized carbons (Fsp3) is 0.438. The molecule has 4 nitrogen and oxygen atoms in total. The van der Waals surface area contributed by atoms with Crippen LogP contribution >= 0.6 is 0 Å². The van der Waals surface area contributed by atoms with E-state index in [0.717, 1.165) is 17.8 Å². The van der Waals surface area contributed by atoms with Crippen molar-refractivity contribution in [2.45, 2.75) is 39.1 Å². The van der Waals surface area contributed by atoms with E-state index in [-0.39, 0.29) is 6.42 Å². The van der Waals surface area contributed by atoms with Gasteiger partial charge in [0.1, 0.15) is 5.76 Å². The Hall–Kier alpha value is -1.86. The maximum atomic E-state index is 12.5. The van der Waals surface area contributed by atoms with E-state index in [9.17, 15) is 18.3 Å². The fourth-order valence-electron chi connectivity index (χ4n) is 2.26. The molecule has 0 saturated heterocycles. The van der Waals surface area contributed by atoms with Crippen LogP contribution in [-0.2, 0) is 19.1 Å². The maximum absolute atomic E-state index is 12.5. The van der Waals surface area contributed by atoms with Crippen LogP contribution in [0.15, 0.2) is 28.7 Å². The first-order valence-corrected chi connectivity index (χ1v) is 7.23. The number of alkyl halides is 3. The van der Waals surface area contributed by atoms with Crippen molar-refractivity contribution in [2.24, 2.45) is 0 Å². The fourth-order valence-corrected chi connectivity index (χ4v) is 2.26. The molecule has 2 aromatic rings. The van der Waals surface area contributed by atoms with E-state index in [4.69, 9.17) is 4.42 Å². The van der Waals surface area contributed by atoms with Crippen molar-refractivity contribution in [3.8, 4) is 0 Å². The monoisotopic (exact) mass is 328 g/mol. The first kappa shape index (κ1) is 17.5. The van der Waals surface area contributed by atoms with Crippen LogP contribution in [0, 0.1) is 13.8 Å². The van der Waals surface area contributed by atoms with Crippen LogP contribution in [-0.4, -0.2) is 22.7 Å². The zero-order valence-electron chi connectivity index (χ0n) is 12.9. The number of hydrogen-bond acceptors (Lipinski definition) is 4. The van der Waals surface area contributed by atoms with E-state index >= 15 is 0 Å². The third-order valence-corrected chi connectivity index (χ3v) is 3.42. The summed E-state index contributed by atoms with van der Waals surface area (Å²) in [5.41, 5.74) is 0.760. The SMILES string of the molecule is Cc1nc(C)c(CNCC(O)Cc2ccc(C(F)(F)F)cc2)o1. The zero-order valence-corrected chi connectivity index (χ0v) is 12.9. The van der Waals surface area contributed by atoms with Crippen molar-refractivity contribution >= 4 is 0 Å². The highest BCUT2D eigenvalue weighted by molar-refractivity contribution is 5.25. The molecule has 0 bridgehead atoms. The summed E-state index contributed by atoms with van der Waals surface area (Å²) in [6.45, 7) is 4.35. The highest BCUT2D eigenvalue weighted by Gasteiger charge is 2.29. The molecule has 23 heavy (non-hydrogen) atoms. The molecule has 0 fully saturated rings. The van der Waals surface area contributed by atoms with Gasteiger partial charge in [-0.25, -0.2) is 4.98 Å². The third kappa shape index (κ3) is 5.07. The molecule has 0 amide bonds. The van der Waals surface area contributed by atoms with Crippen molar-refractivity contribution in [1.82, 2.24) is 10.3 Å². The number of aromatic nitrogens is 1. The Bertz CT molecular complexity index is 636. The lowest BCUT2D eigenvalue weighted by Gasteiger charge is -2.12. The van der Waals surface area contributed by atoms with Gasteiger partial charge < -0.3 is 14.8 Å². The number of hydrogen-bond donors (Lipinski definition) is 2. The molecule has 0 saturated carbocycles. The number of halogens is 3. The highest BCUT2D eigenvalue weighted by atomic mass is 19.4. The first-order valence-electron chi connectivity index (χ1n) is 7.23. The van der Waals surface area contributed by atoms with Crippen LogP contribution < -0.4 is 5.32 Å². The molecule has 2 rings (SSSR count). The van der Waals surface area contributed by atoms with Crippen LogP contribution in [0.25, 0.3) is 0 Å². The Kier molecular flexibility index (Phi) is 5.43. The quantitative estimate of drug-likeness (QED) is 0.856. The summed E-state index contributed by atoms with van der Waals surface area (Å²) in [6, 6.07) is 4.82. The van der Waals surface area contributed by atoms with Crippen LogP contribution in [0.3, 0.4) is 0 Å². The Morgan fingerprint density at radius 1 is 1.22 bits per heavy atom. The van der Waals surface area contributed by atoms with Gasteiger partial charge >= 0.3 is 6.18 Å². The van der Waals surface area contributed by atoms with Crippen molar-refractivity contribution in [3.63, 3.8) is 0 Å². The predicted octanol–water partition coefficient (Wildman–Crippen LogP) is 3.00. The number of nitrogens with one attached hydrogen (secondary N) is 1. The van der Waals surface area contributed by atoms with Crippen LogP contribution in [0.1, 0.15) is 28.5 Å². The van der Waals surface area contributed by atoms with E-state index in [1.165, 1.54) is 12.1 Å². The number of rotatable bonds is 6. The van der Waals surface area contributed by atoms with E-state index in [2.05, 4.69) is 10.3 Å². The minimum atomic E-state index is -4.34. The molecule has 0 aliphatic carbocycles. The van der Waals surface area contributed by atoms with Crippen molar-refractivity contribution < 1.29 is 22.7 Å². The van der Waals surface area contributed by atoms with Crippen LogP contribution in [0.5, 0.6) is 0 Å². The average Bonchev–Trinajstić information content (AvgIpc) is 2.76. The molecule has 1 heterocycles. The molecule has 0 radical (unpaired) electrons. The average molecular weight is 328 g/mol. The van der Waals surface area contributed by atoms with Gasteiger partial charge in [-0.2, -0.15) is 13.2 Å². The van der Waals surface area contributed by atoms with E-state index in [1.54, 1.807) is 6.92 Å². The summed E-state index contributed by atoms with van der Waals surface area (Å²) in [4.78, 5) is 4.14. The summed E-state index contributed by atoms with van der Waals surface area (Å²) in [5, 5.41) is 13.0. The molecule has 2 N–H and O–H groups in total. The largest absolute Gasteiger partial charge is 0.444 e. The van der Waals surface area contributed by atoms with E-state index < -0.39 is 17.8 Å². The molecular formula is C16H19F3N2O2. The zero-order chi connectivity index (χ0) is 17.0. The second kappa shape index (κ2) is 7.14. The molecule has 1 aromatic heterocycles. The van der Waals surface area contributed by atoms with E-state index in [0.29, 0.717) is 30.3 Å². The smallest absolute Gasteiger partial charge is 0.416 e. The number of aryl methyl sites for hydroxylation is 2. The van der Waals surface area contributed by atoms with Crippen molar-refractivity contribution in [2.75, 3.05) is 6.54 Å². The van der Waals surface area contributed by atoms with Gasteiger partial charge in [0.15, 0.2) is 5.89 Å². The number of benzene rings is 1. The summed E-state index contributed by atoms with van der Waals surface area (Å²) >= 11 is 0. The van der Waals surface area contributed by atoms with Gasteiger partial charge in [-0.3, -0.25) is 0 Å². The Morgan fingerprint density at radius 3 is 2.39 bits per heavy atom. The van der Waals surface area contributed by atoms with Gasteiger partial charge in [0.2, 0.25) is 0 Å². The number of aliphatic hydroxyl groups excluding tert-OH is 1. The number of oxazole rings is 1. The van der Waals surface area contributed by atoms with Crippen molar-refractivity contribution in [1.29, 1.82) is 0 Å². The lowest BCUT2D eigenvalue weighted by Crippen LogP contribution is -2.28. The summed E-state index contributed by atoms with van der Waals surface area (Å²) < 4.78 is 42.8. The van der Waals surface area contributed by atoms with Gasteiger partial charge in [-0.1, -0.05) is 12.1 Å². The topological polar surface area (TPSA) is 58.3 Å². The molecule has 126 valence electrons. The molecule has 7 heteroatoms. The summed E-state index contributed by atoms with van der Waals surface area (Å²) in [5.74, 6) is 1.30. The second-order valence-corrected chi connectivity index (χ2v) is 5.43. The molecule has 0 spiro atoms. The molecule has 1 unspecified atom stereocenters. The van der Waals surface area contributed by atoms with Gasteiger partial charge in [0, 0.05) is 13.5 Å². The summed E-state index contributed by atoms with van der Waals surface area (Å²) in [6.07, 6.45) is -4.76. The minimum Gasteiger partial charge on any atom is -0.444 e. The molecule has 1 aromatic carbocycles. The van der Waals surface area contributed by atoms with Gasteiger partial charge in [-0.05, 0) is 31.0 Å². The Balaban J connectivity index is 1.80. The van der Waals surface area contributed by atoms with Gasteiger partial charge in [0.25, 0.3) is 0 Å². The third-order valence-electron chi connectivity index (χ3n) is 3.42. The van der Waals surface area contributed by atoms with Gasteiger partial charge in [0.05, 0.1) is 23.9 Å². The Labute approximate surface area is 132 Å². The highest BCUT2D eigenvalue weighted by Crippen LogP contribution is 2.29. The van der Waals surface area contributed by atoms with E-state index in [1.807, 2.05) is 6.92 Å². The van der Waals surface area contributed by atoms with Gasteiger partial charge in [-0.15, -0.1) is 0 Å². The number of nitrogens with zero attached hydrogens (tertiary/aromatic N) is 1. The molecular weight excluding hydrogens is 309 g/mol. The minimum absolute atomic E-state index is 0.277. The lowest BCUT2D eigenvalue weighted by molar-refractivity contribution is -0.137. The second-order valence-electron chi connectivity index (χ2n) is 5.43. The predicted molar refractivity (Wildman–Crippen MR) is 78.8 cm³/mol. The standard InChI is InChI=1S/C16H19F3N2O2/c1-10-15(23-11(2)21-10)9-20-8-14(22)7-12-3-5-13(6-4-12)16(17,18)19/h3-6,14,20,22H,7-9H2,1-2H3. The van der Waals surface area contributed by atoms with Crippen LogP contribution in [0.2, 0.25) is 0 Å². The first-order chi connectivity index (χ1) is 10.8. The van der Waals surface area contributed by atoms with Crippen molar-refractivity contribution in [3.05, 3.63) is 52.7 Å². The summed E-state index contributed by atoms with van der Waals surface area (Å²) in [7, 11) is 0. The molecule has 1 atom stereocenters. The number of aliphatic hydroxyl groups is 1. The van der Waals surface area contributed by atoms with Crippen LogP contribution in [0.4, 0.5) is 13.2 Å². The lowest BCUT2D eigenvalue weighted by atomic mass is 10.1. The molecule has 0 aliphatic heterocycles. The Morgan fingerprint density at radius 2 is 1.87 bits per heavy atom. The normalized spacial score (nSPS) is 13.3.